The predicted molar refractivity (Wildman–Crippen MR) is 69.2 cm³/mol. The molecule has 1 aromatic carbocycles. The fourth-order valence-electron chi connectivity index (χ4n) is 2.35. The zero-order valence-electron chi connectivity index (χ0n) is 11.2. The van der Waals surface area contributed by atoms with Crippen LogP contribution in [-0.4, -0.2) is 36.5 Å². The minimum absolute atomic E-state index is 0.00819. The van der Waals surface area contributed by atoms with Crippen molar-refractivity contribution in [1.82, 2.24) is 10.2 Å². The molecule has 110 valence electrons. The van der Waals surface area contributed by atoms with Crippen molar-refractivity contribution in [1.29, 1.82) is 0 Å². The van der Waals surface area contributed by atoms with Gasteiger partial charge in [-0.1, -0.05) is 18.2 Å². The average molecular weight is 286 g/mol. The molecule has 1 saturated heterocycles. The number of benzene rings is 1. The molecule has 20 heavy (non-hydrogen) atoms. The van der Waals surface area contributed by atoms with Crippen LogP contribution < -0.4 is 5.32 Å². The van der Waals surface area contributed by atoms with E-state index in [9.17, 15) is 18.0 Å². The molecule has 0 saturated carbocycles. The maximum Gasteiger partial charge on any atom is 0.416 e. The molecular weight excluding hydrogens is 269 g/mol. The van der Waals surface area contributed by atoms with Crippen molar-refractivity contribution in [2.45, 2.75) is 25.6 Å². The van der Waals surface area contributed by atoms with Crippen molar-refractivity contribution in [2.75, 3.05) is 19.6 Å². The minimum atomic E-state index is -4.37. The Labute approximate surface area is 115 Å². The van der Waals surface area contributed by atoms with Crippen LogP contribution >= 0.6 is 0 Å². The van der Waals surface area contributed by atoms with Crippen molar-refractivity contribution in [3.8, 4) is 0 Å². The van der Waals surface area contributed by atoms with E-state index in [1.165, 1.54) is 6.07 Å². The Hall–Kier alpha value is -1.56. The standard InChI is InChI=1S/C14H17F3N2O/c1-10-9-18-5-6-19(10)13(20)8-11-3-2-4-12(7-11)14(15,16)17/h2-4,7,10,18H,5-6,8-9H2,1H3. The van der Waals surface area contributed by atoms with E-state index in [0.717, 1.165) is 18.7 Å². The molecule has 2 rings (SSSR count). The number of nitrogens with zero attached hydrogens (tertiary/aromatic N) is 1. The van der Waals surface area contributed by atoms with E-state index >= 15 is 0 Å². The fourth-order valence-corrected chi connectivity index (χ4v) is 2.35. The molecule has 1 aliphatic rings. The second-order valence-electron chi connectivity index (χ2n) is 5.02. The first-order chi connectivity index (χ1) is 9.38. The maximum absolute atomic E-state index is 12.6. The molecule has 0 bridgehead atoms. The van der Waals surface area contributed by atoms with Gasteiger partial charge >= 0.3 is 6.18 Å². The highest BCUT2D eigenvalue weighted by atomic mass is 19.4. The van der Waals surface area contributed by atoms with Crippen molar-refractivity contribution >= 4 is 5.91 Å². The molecule has 1 N–H and O–H groups in total. The highest BCUT2D eigenvalue weighted by molar-refractivity contribution is 5.79. The normalized spacial score (nSPS) is 20.0. The summed E-state index contributed by atoms with van der Waals surface area (Å²) in [4.78, 5) is 13.9. The highest BCUT2D eigenvalue weighted by Gasteiger charge is 2.30. The number of carbonyl (C=O) groups excluding carboxylic acids is 1. The Balaban J connectivity index is 2.08. The predicted octanol–water partition coefficient (Wildman–Crippen LogP) is 2.07. The highest BCUT2D eigenvalue weighted by Crippen LogP contribution is 2.29. The molecule has 1 atom stereocenters. The zero-order valence-corrected chi connectivity index (χ0v) is 11.2. The van der Waals surface area contributed by atoms with Crippen molar-refractivity contribution in [3.63, 3.8) is 0 Å². The second-order valence-corrected chi connectivity index (χ2v) is 5.02. The summed E-state index contributed by atoms with van der Waals surface area (Å²) < 4.78 is 37.9. The van der Waals surface area contributed by atoms with Crippen LogP contribution in [0, 0.1) is 0 Å². The summed E-state index contributed by atoms with van der Waals surface area (Å²) in [5.41, 5.74) is -0.313. The number of nitrogens with one attached hydrogen (secondary N) is 1. The van der Waals surface area contributed by atoms with Gasteiger partial charge in [0.2, 0.25) is 5.91 Å². The summed E-state index contributed by atoms with van der Waals surface area (Å²) in [6, 6.07) is 5.03. The molecule has 6 heteroatoms. The summed E-state index contributed by atoms with van der Waals surface area (Å²) in [6.45, 7) is 3.96. The van der Waals surface area contributed by atoms with E-state index in [1.54, 1.807) is 11.0 Å². The fraction of sp³-hybridized carbons (Fsp3) is 0.500. The number of hydrogen-bond acceptors (Lipinski definition) is 2. The lowest BCUT2D eigenvalue weighted by Crippen LogP contribution is -2.52. The van der Waals surface area contributed by atoms with Crippen LogP contribution in [0.4, 0.5) is 13.2 Å². The van der Waals surface area contributed by atoms with Gasteiger partial charge in [-0.05, 0) is 18.6 Å². The first-order valence-corrected chi connectivity index (χ1v) is 6.54. The summed E-state index contributed by atoms with van der Waals surface area (Å²) in [5.74, 6) is -0.127. The third kappa shape index (κ3) is 3.50. The topological polar surface area (TPSA) is 32.3 Å². The van der Waals surface area contributed by atoms with Crippen LogP contribution in [0.3, 0.4) is 0 Å². The summed E-state index contributed by atoms with van der Waals surface area (Å²) in [5, 5.41) is 3.17. The minimum Gasteiger partial charge on any atom is -0.337 e. The summed E-state index contributed by atoms with van der Waals surface area (Å²) in [7, 11) is 0. The molecule has 1 aliphatic heterocycles. The lowest BCUT2D eigenvalue weighted by atomic mass is 10.1. The van der Waals surface area contributed by atoms with Gasteiger partial charge in [-0.25, -0.2) is 0 Å². The molecule has 0 radical (unpaired) electrons. The van der Waals surface area contributed by atoms with Gasteiger partial charge in [-0.15, -0.1) is 0 Å². The third-order valence-electron chi connectivity index (χ3n) is 3.43. The van der Waals surface area contributed by atoms with E-state index in [4.69, 9.17) is 0 Å². The van der Waals surface area contributed by atoms with Crippen LogP contribution in [0.1, 0.15) is 18.1 Å². The largest absolute Gasteiger partial charge is 0.416 e. The van der Waals surface area contributed by atoms with Crippen molar-refractivity contribution < 1.29 is 18.0 Å². The molecule has 1 aromatic rings. The molecular formula is C14H17F3N2O. The number of piperazine rings is 1. The number of carbonyl (C=O) groups is 1. The number of rotatable bonds is 2. The van der Waals surface area contributed by atoms with Crippen LogP contribution in [0.15, 0.2) is 24.3 Å². The smallest absolute Gasteiger partial charge is 0.337 e. The van der Waals surface area contributed by atoms with Gasteiger partial charge in [-0.3, -0.25) is 4.79 Å². The van der Waals surface area contributed by atoms with Gasteiger partial charge in [0.15, 0.2) is 0 Å². The zero-order chi connectivity index (χ0) is 14.8. The average Bonchev–Trinajstić information content (AvgIpc) is 2.38. The first-order valence-electron chi connectivity index (χ1n) is 6.54. The second kappa shape index (κ2) is 5.83. The molecule has 1 heterocycles. The Bertz CT molecular complexity index is 488. The Morgan fingerprint density at radius 2 is 2.20 bits per heavy atom. The van der Waals surface area contributed by atoms with Crippen LogP contribution in [0.2, 0.25) is 0 Å². The Kier molecular flexibility index (Phi) is 4.32. The Morgan fingerprint density at radius 1 is 1.45 bits per heavy atom. The van der Waals surface area contributed by atoms with Gasteiger partial charge in [-0.2, -0.15) is 13.2 Å². The van der Waals surface area contributed by atoms with Gasteiger partial charge < -0.3 is 10.2 Å². The number of hydrogen-bond donors (Lipinski definition) is 1. The maximum atomic E-state index is 12.6. The van der Waals surface area contributed by atoms with Gasteiger partial charge in [0, 0.05) is 25.7 Å². The number of halogens is 3. The van der Waals surface area contributed by atoms with E-state index in [2.05, 4.69) is 5.32 Å². The molecule has 1 fully saturated rings. The quantitative estimate of drug-likeness (QED) is 0.902. The monoisotopic (exact) mass is 286 g/mol. The van der Waals surface area contributed by atoms with Crippen LogP contribution in [0.5, 0.6) is 0 Å². The van der Waals surface area contributed by atoms with Gasteiger partial charge in [0.25, 0.3) is 0 Å². The van der Waals surface area contributed by atoms with E-state index in [-0.39, 0.29) is 18.4 Å². The van der Waals surface area contributed by atoms with E-state index in [1.807, 2.05) is 6.92 Å². The number of amides is 1. The molecule has 0 aliphatic carbocycles. The summed E-state index contributed by atoms with van der Waals surface area (Å²) >= 11 is 0. The first kappa shape index (κ1) is 14.8. The molecule has 1 unspecified atom stereocenters. The SMILES string of the molecule is CC1CNCCN1C(=O)Cc1cccc(C(F)(F)F)c1. The van der Waals surface area contributed by atoms with Crippen LogP contribution in [-0.2, 0) is 17.4 Å². The molecule has 1 amide bonds. The molecule has 3 nitrogen and oxygen atoms in total. The van der Waals surface area contributed by atoms with Crippen molar-refractivity contribution in [2.24, 2.45) is 0 Å². The molecule has 0 spiro atoms. The lowest BCUT2D eigenvalue weighted by Gasteiger charge is -2.34. The van der Waals surface area contributed by atoms with E-state index in [0.29, 0.717) is 18.7 Å². The van der Waals surface area contributed by atoms with E-state index < -0.39 is 11.7 Å². The Morgan fingerprint density at radius 3 is 2.85 bits per heavy atom. The molecule has 0 aromatic heterocycles. The van der Waals surface area contributed by atoms with Gasteiger partial charge in [0.1, 0.15) is 0 Å². The number of alkyl halides is 3. The third-order valence-corrected chi connectivity index (χ3v) is 3.43. The van der Waals surface area contributed by atoms with Gasteiger partial charge in [0.05, 0.1) is 12.0 Å². The summed E-state index contributed by atoms with van der Waals surface area (Å²) in [6.07, 6.45) is -4.37. The lowest BCUT2D eigenvalue weighted by molar-refractivity contribution is -0.138. The van der Waals surface area contributed by atoms with Crippen LogP contribution in [0.25, 0.3) is 0 Å². The van der Waals surface area contributed by atoms with Crippen molar-refractivity contribution in [3.05, 3.63) is 35.4 Å².